The van der Waals surface area contributed by atoms with Crippen molar-refractivity contribution in [2.45, 2.75) is 32.5 Å². The Kier molecular flexibility index (Phi) is 6.28. The predicted molar refractivity (Wildman–Crippen MR) is 105 cm³/mol. The Morgan fingerprint density at radius 2 is 2.04 bits per heavy atom. The average molecular weight is 410 g/mol. The van der Waals surface area contributed by atoms with Crippen LogP contribution in [-0.2, 0) is 12.7 Å². The third-order valence-electron chi connectivity index (χ3n) is 4.51. The topological polar surface area (TPSA) is 66.0 Å². The molecule has 2 aromatic rings. The van der Waals surface area contributed by atoms with Gasteiger partial charge in [-0.3, -0.25) is 4.98 Å². The molecule has 28 heavy (non-hydrogen) atoms. The molecule has 0 atom stereocenters. The number of pyridine rings is 1. The highest BCUT2D eigenvalue weighted by molar-refractivity contribution is 7.80. The summed E-state index contributed by atoms with van der Waals surface area (Å²) in [6.45, 7) is 3.85. The van der Waals surface area contributed by atoms with Gasteiger partial charge in [0.05, 0.1) is 0 Å². The monoisotopic (exact) mass is 410 g/mol. The molecular weight excluding hydrogens is 389 g/mol. The summed E-state index contributed by atoms with van der Waals surface area (Å²) in [5.74, 6) is 0.640. The van der Waals surface area contributed by atoms with Crippen LogP contribution in [0.3, 0.4) is 0 Å². The van der Waals surface area contributed by atoms with Gasteiger partial charge in [-0.1, -0.05) is 13.0 Å². The lowest BCUT2D eigenvalue weighted by molar-refractivity contribution is -0.141. The molecule has 3 heterocycles. The molecule has 6 nitrogen and oxygen atoms in total. The van der Waals surface area contributed by atoms with E-state index in [2.05, 4.69) is 32.5 Å². The first-order valence-electron chi connectivity index (χ1n) is 8.96. The summed E-state index contributed by atoms with van der Waals surface area (Å²) < 4.78 is 39.9. The molecule has 0 unspecified atom stereocenters. The van der Waals surface area contributed by atoms with Gasteiger partial charge in [0.2, 0.25) is 5.95 Å². The van der Waals surface area contributed by atoms with Crippen molar-refractivity contribution in [2.75, 3.05) is 23.3 Å². The normalized spacial score (nSPS) is 15.4. The summed E-state index contributed by atoms with van der Waals surface area (Å²) in [5, 5.41) is 5.72. The van der Waals surface area contributed by atoms with E-state index < -0.39 is 11.9 Å². The molecule has 0 aliphatic carbocycles. The molecule has 0 spiro atoms. The number of thiocarbonyl (C=S) groups is 1. The molecule has 3 rings (SSSR count). The molecule has 150 valence electrons. The number of halogens is 3. The van der Waals surface area contributed by atoms with E-state index in [0.717, 1.165) is 24.5 Å². The van der Waals surface area contributed by atoms with Crippen molar-refractivity contribution in [1.29, 1.82) is 0 Å². The Balaban J connectivity index is 1.73. The highest BCUT2D eigenvalue weighted by Crippen LogP contribution is 2.31. The highest BCUT2D eigenvalue weighted by Gasteiger charge is 2.34. The lowest BCUT2D eigenvalue weighted by Crippen LogP contribution is -2.34. The minimum atomic E-state index is -4.57. The molecule has 1 fully saturated rings. The minimum absolute atomic E-state index is 0.140. The molecule has 0 bridgehead atoms. The lowest BCUT2D eigenvalue weighted by Gasteiger charge is -2.31. The summed E-state index contributed by atoms with van der Waals surface area (Å²) in [6.07, 6.45) is 0.589. The molecular formula is C18H21F3N6S. The van der Waals surface area contributed by atoms with Crippen LogP contribution in [-0.4, -0.2) is 33.2 Å². The first-order valence-corrected chi connectivity index (χ1v) is 9.37. The first kappa shape index (κ1) is 20.2. The predicted octanol–water partition coefficient (Wildman–Crippen LogP) is 3.61. The van der Waals surface area contributed by atoms with Crippen LogP contribution in [0.15, 0.2) is 30.6 Å². The van der Waals surface area contributed by atoms with Crippen LogP contribution >= 0.6 is 12.2 Å². The molecule has 0 amide bonds. The number of anilines is 2. The summed E-state index contributed by atoms with van der Waals surface area (Å²) in [6, 6.07) is 4.64. The summed E-state index contributed by atoms with van der Waals surface area (Å²) in [7, 11) is 0. The Morgan fingerprint density at radius 3 is 2.68 bits per heavy atom. The van der Waals surface area contributed by atoms with Gasteiger partial charge in [0.1, 0.15) is 5.82 Å². The third kappa shape index (κ3) is 5.51. The Bertz CT molecular complexity index is 807. The maximum absolute atomic E-state index is 13.3. The molecule has 0 aromatic carbocycles. The van der Waals surface area contributed by atoms with Gasteiger partial charge < -0.3 is 15.5 Å². The second kappa shape index (κ2) is 8.68. The maximum atomic E-state index is 13.3. The molecule has 0 saturated carbocycles. The summed E-state index contributed by atoms with van der Waals surface area (Å²) >= 11 is 5.17. The molecule has 1 aliphatic heterocycles. The fourth-order valence-electron chi connectivity index (χ4n) is 2.87. The maximum Gasteiger partial charge on any atom is 0.433 e. The van der Waals surface area contributed by atoms with Crippen LogP contribution in [0.25, 0.3) is 0 Å². The highest BCUT2D eigenvalue weighted by atomic mass is 32.1. The van der Waals surface area contributed by atoms with Crippen molar-refractivity contribution in [3.8, 4) is 0 Å². The Hall–Kier alpha value is -2.49. The molecule has 0 radical (unpaired) electrons. The van der Waals surface area contributed by atoms with Gasteiger partial charge >= 0.3 is 6.18 Å². The largest absolute Gasteiger partial charge is 0.433 e. The number of hydrogen-bond acceptors (Lipinski definition) is 5. The van der Waals surface area contributed by atoms with E-state index in [1.165, 1.54) is 0 Å². The zero-order valence-corrected chi connectivity index (χ0v) is 16.1. The van der Waals surface area contributed by atoms with Crippen LogP contribution in [0.2, 0.25) is 0 Å². The van der Waals surface area contributed by atoms with E-state index in [-0.39, 0.29) is 16.9 Å². The van der Waals surface area contributed by atoms with Gasteiger partial charge in [0.25, 0.3) is 0 Å². The number of nitrogens with one attached hydrogen (secondary N) is 2. The second-order valence-corrected chi connectivity index (χ2v) is 7.18. The van der Waals surface area contributed by atoms with Gasteiger partial charge in [-0.15, -0.1) is 0 Å². The van der Waals surface area contributed by atoms with E-state index in [1.807, 2.05) is 11.0 Å². The number of piperidine rings is 1. The smallest absolute Gasteiger partial charge is 0.358 e. The molecule has 2 N–H and O–H groups in total. The Labute approximate surface area is 166 Å². The van der Waals surface area contributed by atoms with Crippen LogP contribution in [0.4, 0.5) is 24.9 Å². The van der Waals surface area contributed by atoms with Crippen LogP contribution in [0, 0.1) is 5.92 Å². The van der Waals surface area contributed by atoms with Crippen molar-refractivity contribution in [2.24, 2.45) is 5.92 Å². The van der Waals surface area contributed by atoms with E-state index in [1.54, 1.807) is 18.5 Å². The van der Waals surface area contributed by atoms with Crippen LogP contribution in [0.1, 0.15) is 31.0 Å². The standard InChI is InChI=1S/C18H21F3N6S/c1-12-4-7-27(8-5-12)15-9-14(18(19,20)21)24-16(25-15)26-17(28)23-11-13-3-2-6-22-10-13/h2-3,6,9-10,12H,4-5,7-8,11H2,1H3,(H2,23,24,25,26,28). The van der Waals surface area contributed by atoms with Gasteiger partial charge in [-0.25, -0.2) is 4.98 Å². The number of hydrogen-bond donors (Lipinski definition) is 2. The summed E-state index contributed by atoms with van der Waals surface area (Å²) in [4.78, 5) is 13.7. The van der Waals surface area contributed by atoms with E-state index >= 15 is 0 Å². The summed E-state index contributed by atoms with van der Waals surface area (Å²) in [5.41, 5.74) is -0.103. The van der Waals surface area contributed by atoms with E-state index in [9.17, 15) is 13.2 Å². The molecule has 1 aliphatic rings. The third-order valence-corrected chi connectivity index (χ3v) is 4.76. The molecule has 1 saturated heterocycles. The average Bonchev–Trinajstić information content (AvgIpc) is 2.67. The second-order valence-electron chi connectivity index (χ2n) is 6.77. The number of rotatable bonds is 4. The van der Waals surface area contributed by atoms with Crippen molar-refractivity contribution < 1.29 is 13.2 Å². The fraction of sp³-hybridized carbons (Fsp3) is 0.444. The van der Waals surface area contributed by atoms with Gasteiger partial charge in [-0.05, 0) is 42.6 Å². The van der Waals surface area contributed by atoms with Gasteiger partial charge in [-0.2, -0.15) is 18.2 Å². The van der Waals surface area contributed by atoms with Crippen molar-refractivity contribution in [3.63, 3.8) is 0 Å². The SMILES string of the molecule is CC1CCN(c2cc(C(F)(F)F)nc(NC(=S)NCc3cccnc3)n2)CC1. The first-order chi connectivity index (χ1) is 13.3. The molecule has 2 aromatic heterocycles. The number of aromatic nitrogens is 3. The van der Waals surface area contributed by atoms with E-state index in [4.69, 9.17) is 12.2 Å². The van der Waals surface area contributed by atoms with Crippen molar-refractivity contribution in [1.82, 2.24) is 20.3 Å². The number of alkyl halides is 3. The fourth-order valence-corrected chi connectivity index (χ4v) is 3.03. The van der Waals surface area contributed by atoms with Crippen LogP contribution in [0.5, 0.6) is 0 Å². The van der Waals surface area contributed by atoms with Gasteiger partial charge in [0, 0.05) is 38.1 Å². The zero-order chi connectivity index (χ0) is 20.1. The quantitative estimate of drug-likeness (QED) is 0.747. The van der Waals surface area contributed by atoms with Crippen molar-refractivity contribution in [3.05, 3.63) is 41.9 Å². The number of nitrogens with zero attached hydrogens (tertiary/aromatic N) is 4. The van der Waals surface area contributed by atoms with E-state index in [0.29, 0.717) is 25.6 Å². The minimum Gasteiger partial charge on any atom is -0.358 e. The Morgan fingerprint density at radius 1 is 1.29 bits per heavy atom. The lowest BCUT2D eigenvalue weighted by atomic mass is 9.99. The van der Waals surface area contributed by atoms with Crippen molar-refractivity contribution >= 4 is 29.1 Å². The van der Waals surface area contributed by atoms with Crippen LogP contribution < -0.4 is 15.5 Å². The van der Waals surface area contributed by atoms with Gasteiger partial charge in [0.15, 0.2) is 10.8 Å². The zero-order valence-electron chi connectivity index (χ0n) is 15.3. The molecule has 10 heteroatoms.